The van der Waals surface area contributed by atoms with Gasteiger partial charge in [0.1, 0.15) is 6.04 Å². The minimum absolute atomic E-state index is 0.00889. The molecule has 112 valence electrons. The number of nitrogens with one attached hydrogen (secondary N) is 3. The Bertz CT molecular complexity index is 293. The summed E-state index contributed by atoms with van der Waals surface area (Å²) in [7, 11) is 1.69. The molecule has 0 aromatic heterocycles. The largest absolute Gasteiger partial charge is 0.396 e. The van der Waals surface area contributed by atoms with Crippen LogP contribution in [0.5, 0.6) is 0 Å². The van der Waals surface area contributed by atoms with E-state index in [9.17, 15) is 9.59 Å². The lowest BCUT2D eigenvalue weighted by atomic mass is 9.96. The number of hydrogen-bond acceptors (Lipinski definition) is 5. The van der Waals surface area contributed by atoms with Gasteiger partial charge in [0.05, 0.1) is 12.6 Å². The lowest BCUT2D eigenvalue weighted by Gasteiger charge is -2.26. The summed E-state index contributed by atoms with van der Waals surface area (Å²) in [6.07, 6.45) is 0.0644. The predicted molar refractivity (Wildman–Crippen MR) is 74.3 cm³/mol. The minimum Gasteiger partial charge on any atom is -0.396 e. The van der Waals surface area contributed by atoms with E-state index in [1.807, 2.05) is 27.7 Å². The second-order valence-corrected chi connectivity index (χ2v) is 5.29. The number of hydrazine groups is 1. The van der Waals surface area contributed by atoms with E-state index in [0.29, 0.717) is 0 Å². The number of carbonyl (C=O) groups excluding carboxylic acids is 2. The molecule has 1 amide bonds. The van der Waals surface area contributed by atoms with Crippen LogP contribution in [0.1, 0.15) is 34.1 Å². The molecular weight excluding hydrogens is 246 g/mol. The van der Waals surface area contributed by atoms with E-state index in [4.69, 9.17) is 5.11 Å². The second kappa shape index (κ2) is 9.01. The maximum Gasteiger partial charge on any atom is 0.239 e. The average molecular weight is 273 g/mol. The van der Waals surface area contributed by atoms with Gasteiger partial charge in [-0.3, -0.25) is 15.0 Å². The summed E-state index contributed by atoms with van der Waals surface area (Å²) in [4.78, 5) is 24.0. The molecule has 6 nitrogen and oxygen atoms in total. The molecule has 0 saturated carbocycles. The molecule has 0 bridgehead atoms. The minimum atomic E-state index is -0.556. The molecule has 4 N–H and O–H groups in total. The van der Waals surface area contributed by atoms with Gasteiger partial charge >= 0.3 is 0 Å². The molecule has 0 rings (SSSR count). The predicted octanol–water partition coefficient (Wildman–Crippen LogP) is -0.173. The van der Waals surface area contributed by atoms with E-state index in [0.717, 1.165) is 0 Å². The van der Waals surface area contributed by atoms with E-state index in [-0.39, 0.29) is 36.6 Å². The second-order valence-electron chi connectivity index (χ2n) is 5.29. The number of ketones is 1. The molecule has 2 atom stereocenters. The Balaban J connectivity index is 4.73. The van der Waals surface area contributed by atoms with E-state index in [1.165, 1.54) is 0 Å². The van der Waals surface area contributed by atoms with Crippen molar-refractivity contribution in [2.45, 2.75) is 46.2 Å². The van der Waals surface area contributed by atoms with Crippen LogP contribution in [0, 0.1) is 11.8 Å². The topological polar surface area (TPSA) is 90.5 Å². The molecule has 0 aliphatic heterocycles. The Morgan fingerprint density at radius 1 is 1.05 bits per heavy atom. The first-order chi connectivity index (χ1) is 8.84. The third kappa shape index (κ3) is 6.13. The van der Waals surface area contributed by atoms with Crippen molar-refractivity contribution in [2.24, 2.45) is 11.8 Å². The van der Waals surface area contributed by atoms with Crippen molar-refractivity contribution in [2.75, 3.05) is 13.7 Å². The first-order valence-electron chi connectivity index (χ1n) is 6.71. The van der Waals surface area contributed by atoms with Crippen LogP contribution in [-0.4, -0.2) is 42.5 Å². The van der Waals surface area contributed by atoms with Crippen molar-refractivity contribution in [3.05, 3.63) is 0 Å². The molecule has 19 heavy (non-hydrogen) atoms. The van der Waals surface area contributed by atoms with Crippen LogP contribution < -0.4 is 16.2 Å². The highest BCUT2D eigenvalue weighted by Crippen LogP contribution is 2.08. The number of aliphatic hydroxyl groups is 1. The third-order valence-electron chi connectivity index (χ3n) is 2.92. The standard InChI is InChI=1S/C13H27N3O3/c1-8(2)11(10(18)6-7-17)15-13(19)12(9(3)4)16-14-5/h8-9,11-12,14,16-17H,6-7H2,1-5H3,(H,15,19)/t11-,12-/m0/s1. The van der Waals surface area contributed by atoms with Crippen LogP contribution in [0.3, 0.4) is 0 Å². The maximum absolute atomic E-state index is 12.2. The fraction of sp³-hybridized carbons (Fsp3) is 0.846. The van der Waals surface area contributed by atoms with E-state index in [2.05, 4.69) is 16.2 Å². The molecule has 0 saturated heterocycles. The number of amides is 1. The summed E-state index contributed by atoms with van der Waals surface area (Å²) in [5, 5.41) is 11.6. The van der Waals surface area contributed by atoms with E-state index in [1.54, 1.807) is 7.05 Å². The molecule has 0 aromatic rings. The number of rotatable bonds is 9. The summed E-state index contributed by atoms with van der Waals surface area (Å²) in [6, 6.07) is -0.965. The molecule has 0 aliphatic rings. The van der Waals surface area contributed by atoms with Gasteiger partial charge in [-0.05, 0) is 18.9 Å². The van der Waals surface area contributed by atoms with Gasteiger partial charge in [0, 0.05) is 6.42 Å². The Hall–Kier alpha value is -0.980. The number of carbonyl (C=O) groups is 2. The van der Waals surface area contributed by atoms with E-state index < -0.39 is 12.1 Å². The van der Waals surface area contributed by atoms with Gasteiger partial charge in [-0.2, -0.15) is 0 Å². The molecule has 6 heteroatoms. The average Bonchev–Trinajstić information content (AvgIpc) is 2.31. The number of hydrogen-bond donors (Lipinski definition) is 4. The maximum atomic E-state index is 12.2. The Morgan fingerprint density at radius 2 is 1.58 bits per heavy atom. The van der Waals surface area contributed by atoms with Gasteiger partial charge in [0.15, 0.2) is 5.78 Å². The highest BCUT2D eigenvalue weighted by Gasteiger charge is 2.28. The van der Waals surface area contributed by atoms with E-state index >= 15 is 0 Å². The quantitative estimate of drug-likeness (QED) is 0.438. The zero-order chi connectivity index (χ0) is 15.0. The van der Waals surface area contributed by atoms with Gasteiger partial charge in [-0.25, -0.2) is 5.43 Å². The number of aliphatic hydroxyl groups excluding tert-OH is 1. The zero-order valence-corrected chi connectivity index (χ0v) is 12.5. The molecule has 0 radical (unpaired) electrons. The van der Waals surface area contributed by atoms with Crippen LogP contribution in [0.15, 0.2) is 0 Å². The molecule has 0 spiro atoms. The monoisotopic (exact) mass is 273 g/mol. The summed E-state index contributed by atoms with van der Waals surface area (Å²) < 4.78 is 0. The van der Waals surface area contributed by atoms with Gasteiger partial charge in [0.2, 0.25) is 5.91 Å². The highest BCUT2D eigenvalue weighted by atomic mass is 16.3. The number of Topliss-reactive ketones (excluding diaryl/α,β-unsaturated/α-hetero) is 1. The van der Waals surface area contributed by atoms with Crippen LogP contribution in [0.25, 0.3) is 0 Å². The summed E-state index contributed by atoms with van der Waals surface area (Å²) in [5.41, 5.74) is 5.63. The normalized spacial score (nSPS) is 14.5. The molecule has 0 unspecified atom stereocenters. The van der Waals surface area contributed by atoms with Crippen LogP contribution in [-0.2, 0) is 9.59 Å². The zero-order valence-electron chi connectivity index (χ0n) is 12.5. The Labute approximate surface area is 115 Å². The summed E-state index contributed by atoms with van der Waals surface area (Å²) in [6.45, 7) is 7.40. The van der Waals surface area contributed by atoms with Gasteiger partial charge < -0.3 is 10.4 Å². The van der Waals surface area contributed by atoms with Crippen LogP contribution >= 0.6 is 0 Å². The van der Waals surface area contributed by atoms with Crippen LogP contribution in [0.2, 0.25) is 0 Å². The molecular formula is C13H27N3O3. The van der Waals surface area contributed by atoms with Crippen LogP contribution in [0.4, 0.5) is 0 Å². The molecule has 0 fully saturated rings. The van der Waals surface area contributed by atoms with Crippen molar-refractivity contribution in [1.82, 2.24) is 16.2 Å². The van der Waals surface area contributed by atoms with Gasteiger partial charge in [0.25, 0.3) is 0 Å². The first kappa shape index (κ1) is 18.0. The molecule has 0 aliphatic carbocycles. The smallest absolute Gasteiger partial charge is 0.239 e. The van der Waals surface area contributed by atoms with Crippen molar-refractivity contribution < 1.29 is 14.7 Å². The summed E-state index contributed by atoms with van der Waals surface area (Å²) >= 11 is 0. The lowest BCUT2D eigenvalue weighted by molar-refractivity contribution is -0.131. The van der Waals surface area contributed by atoms with Crippen molar-refractivity contribution >= 4 is 11.7 Å². The van der Waals surface area contributed by atoms with Crippen molar-refractivity contribution in [3.8, 4) is 0 Å². The lowest BCUT2D eigenvalue weighted by Crippen LogP contribution is -2.56. The Morgan fingerprint density at radius 3 is 1.95 bits per heavy atom. The highest BCUT2D eigenvalue weighted by molar-refractivity contribution is 5.91. The molecule has 0 aromatic carbocycles. The molecule has 0 heterocycles. The first-order valence-corrected chi connectivity index (χ1v) is 6.71. The third-order valence-corrected chi connectivity index (χ3v) is 2.92. The van der Waals surface area contributed by atoms with Gasteiger partial charge in [-0.1, -0.05) is 27.7 Å². The summed E-state index contributed by atoms with van der Waals surface area (Å²) in [5.74, 6) is -0.272. The van der Waals surface area contributed by atoms with Crippen molar-refractivity contribution in [3.63, 3.8) is 0 Å². The SMILES string of the molecule is CNN[C@H](C(=O)N[C@H](C(=O)CCO)C(C)C)C(C)C. The Kier molecular flexibility index (Phi) is 8.54. The van der Waals surface area contributed by atoms with Gasteiger partial charge in [-0.15, -0.1) is 0 Å². The fourth-order valence-corrected chi connectivity index (χ4v) is 1.82. The van der Waals surface area contributed by atoms with Crippen molar-refractivity contribution in [1.29, 1.82) is 0 Å². The fourth-order valence-electron chi connectivity index (χ4n) is 1.82.